The van der Waals surface area contributed by atoms with Crippen LogP contribution in [0.5, 0.6) is 11.5 Å². The van der Waals surface area contributed by atoms with Gasteiger partial charge in [-0.05, 0) is 28.7 Å². The van der Waals surface area contributed by atoms with E-state index >= 15 is 0 Å². The number of amides is 1. The number of benzene rings is 2. The number of rotatable bonds is 8. The van der Waals surface area contributed by atoms with Gasteiger partial charge in [-0.25, -0.2) is 0 Å². The van der Waals surface area contributed by atoms with Crippen LogP contribution in [0.4, 0.5) is 0 Å². The summed E-state index contributed by atoms with van der Waals surface area (Å²) in [5, 5.41) is 13.8. The van der Waals surface area contributed by atoms with Gasteiger partial charge in [-0.3, -0.25) is 4.79 Å². The molecule has 0 bridgehead atoms. The van der Waals surface area contributed by atoms with E-state index in [1.54, 1.807) is 24.3 Å². The van der Waals surface area contributed by atoms with Crippen LogP contribution in [0.2, 0.25) is 0 Å². The third-order valence-electron chi connectivity index (χ3n) is 4.31. The van der Waals surface area contributed by atoms with Crippen molar-refractivity contribution in [3.63, 3.8) is 0 Å². The molecule has 0 aliphatic rings. The topological polar surface area (TPSA) is 87.7 Å². The van der Waals surface area contributed by atoms with E-state index in [-0.39, 0.29) is 18.4 Å². The van der Waals surface area contributed by atoms with Crippen LogP contribution in [0, 0.1) is 0 Å². The van der Waals surface area contributed by atoms with Crippen molar-refractivity contribution < 1.29 is 24.2 Å². The first-order valence-electron chi connectivity index (χ1n) is 9.06. The van der Waals surface area contributed by atoms with Crippen LogP contribution in [0.1, 0.15) is 44.4 Å². The van der Waals surface area contributed by atoms with Gasteiger partial charge in [-0.1, -0.05) is 57.2 Å². The van der Waals surface area contributed by atoms with Crippen LogP contribution in [-0.2, 0) is 15.0 Å². The first kappa shape index (κ1) is 21.3. The molecular weight excluding hydrogens is 358 g/mol. The zero-order chi connectivity index (χ0) is 20.7. The van der Waals surface area contributed by atoms with Crippen molar-refractivity contribution in [2.24, 2.45) is 0 Å². The Bertz CT molecular complexity index is 808. The van der Waals surface area contributed by atoms with Gasteiger partial charge in [0.05, 0.1) is 13.2 Å². The molecule has 6 heteroatoms. The molecule has 2 aromatic rings. The van der Waals surface area contributed by atoms with Gasteiger partial charge in [0.25, 0.3) is 5.91 Å². The summed E-state index contributed by atoms with van der Waals surface area (Å²) in [6.45, 7) is 6.02. The first-order valence-corrected chi connectivity index (χ1v) is 9.06. The third-order valence-corrected chi connectivity index (χ3v) is 4.31. The molecule has 28 heavy (non-hydrogen) atoms. The summed E-state index contributed by atoms with van der Waals surface area (Å²) in [7, 11) is 1.51. The lowest BCUT2D eigenvalue weighted by molar-refractivity contribution is -0.306. The fourth-order valence-electron chi connectivity index (χ4n) is 2.75. The van der Waals surface area contributed by atoms with E-state index in [4.69, 9.17) is 9.47 Å². The summed E-state index contributed by atoms with van der Waals surface area (Å²) in [4.78, 5) is 23.5. The fraction of sp³-hybridized carbons (Fsp3) is 0.364. The van der Waals surface area contributed by atoms with Gasteiger partial charge in [0.1, 0.15) is 0 Å². The Kier molecular flexibility index (Phi) is 7.04. The van der Waals surface area contributed by atoms with Crippen molar-refractivity contribution in [3.05, 3.63) is 59.7 Å². The highest BCUT2D eigenvalue weighted by molar-refractivity contribution is 5.79. The predicted octanol–water partition coefficient (Wildman–Crippen LogP) is 2.37. The van der Waals surface area contributed by atoms with Crippen LogP contribution in [0.25, 0.3) is 0 Å². The normalized spacial score (nSPS) is 12.1. The number of carbonyl (C=O) groups excluding carboxylic acids is 2. The van der Waals surface area contributed by atoms with Gasteiger partial charge in [0.2, 0.25) is 0 Å². The van der Waals surface area contributed by atoms with Crippen LogP contribution < -0.4 is 19.9 Å². The van der Waals surface area contributed by atoms with E-state index in [1.807, 2.05) is 24.3 Å². The Morgan fingerprint density at radius 1 is 1.04 bits per heavy atom. The minimum Gasteiger partial charge on any atom is -0.550 e. The summed E-state index contributed by atoms with van der Waals surface area (Å²) in [5.74, 6) is -0.724. The Labute approximate surface area is 165 Å². The maximum Gasteiger partial charge on any atom is 0.258 e. The van der Waals surface area contributed by atoms with Crippen molar-refractivity contribution >= 4 is 11.9 Å². The number of carboxylic acid groups (broad SMARTS) is 1. The van der Waals surface area contributed by atoms with E-state index < -0.39 is 17.9 Å². The quantitative estimate of drug-likeness (QED) is 0.755. The summed E-state index contributed by atoms with van der Waals surface area (Å²) in [6, 6.07) is 13.8. The molecule has 0 aliphatic heterocycles. The molecule has 0 radical (unpaired) electrons. The first-order chi connectivity index (χ1) is 13.2. The van der Waals surface area contributed by atoms with Crippen LogP contribution in [0.3, 0.4) is 0 Å². The molecule has 0 fully saturated rings. The molecule has 2 rings (SSSR count). The number of methoxy groups -OCH3 is 1. The second kappa shape index (κ2) is 9.26. The fourth-order valence-corrected chi connectivity index (χ4v) is 2.75. The van der Waals surface area contributed by atoms with Crippen molar-refractivity contribution in [2.45, 2.75) is 38.6 Å². The third kappa shape index (κ3) is 6.01. The molecule has 1 amide bonds. The molecular formula is C22H26NO5-. The Balaban J connectivity index is 2.07. The highest BCUT2D eigenvalue weighted by Crippen LogP contribution is 2.26. The van der Waals surface area contributed by atoms with Crippen LogP contribution in [-0.4, -0.2) is 25.6 Å². The lowest BCUT2D eigenvalue weighted by atomic mass is 9.86. The zero-order valence-electron chi connectivity index (χ0n) is 16.7. The molecule has 2 aromatic carbocycles. The van der Waals surface area contributed by atoms with Crippen molar-refractivity contribution in [3.8, 4) is 11.5 Å². The zero-order valence-corrected chi connectivity index (χ0v) is 16.7. The minimum absolute atomic E-state index is 0.0196. The lowest BCUT2D eigenvalue weighted by Crippen LogP contribution is -2.36. The average Bonchev–Trinajstić information content (AvgIpc) is 2.65. The standard InChI is InChI=1S/C22H27NO5/c1-22(2,3)16-11-9-15(10-12-16)17(13-21(25)26)23-20(24)14-28-19-8-6-5-7-18(19)27-4/h5-12,17H,13-14H2,1-4H3,(H,23,24)(H,25,26)/p-1/t17-/m0/s1. The van der Waals surface area contributed by atoms with E-state index in [0.717, 1.165) is 5.56 Å². The molecule has 1 atom stereocenters. The summed E-state index contributed by atoms with van der Waals surface area (Å²) < 4.78 is 10.7. The van der Waals surface area contributed by atoms with Gasteiger partial charge in [-0.2, -0.15) is 0 Å². The number of hydrogen-bond acceptors (Lipinski definition) is 5. The smallest absolute Gasteiger partial charge is 0.258 e. The van der Waals surface area contributed by atoms with Gasteiger partial charge in [-0.15, -0.1) is 0 Å². The van der Waals surface area contributed by atoms with Crippen molar-refractivity contribution in [2.75, 3.05) is 13.7 Å². The Morgan fingerprint density at radius 2 is 1.64 bits per heavy atom. The molecule has 0 aromatic heterocycles. The molecule has 0 heterocycles. The molecule has 0 saturated heterocycles. The number of aliphatic carboxylic acids is 1. The average molecular weight is 384 g/mol. The largest absolute Gasteiger partial charge is 0.550 e. The number of carboxylic acids is 1. The number of hydrogen-bond donors (Lipinski definition) is 1. The highest BCUT2D eigenvalue weighted by atomic mass is 16.5. The minimum atomic E-state index is -1.24. The van der Waals surface area contributed by atoms with Crippen molar-refractivity contribution in [1.82, 2.24) is 5.32 Å². The maximum absolute atomic E-state index is 12.3. The van der Waals surface area contributed by atoms with E-state index in [1.165, 1.54) is 7.11 Å². The van der Waals surface area contributed by atoms with Gasteiger partial charge in [0.15, 0.2) is 18.1 Å². The van der Waals surface area contributed by atoms with Gasteiger partial charge < -0.3 is 24.7 Å². The van der Waals surface area contributed by atoms with Crippen molar-refractivity contribution in [1.29, 1.82) is 0 Å². The number of para-hydroxylation sites is 2. The SMILES string of the molecule is COc1ccccc1OCC(=O)N[C@@H](CC(=O)[O-])c1ccc(C(C)(C)C)cc1. The summed E-state index contributed by atoms with van der Waals surface area (Å²) >= 11 is 0. The van der Waals surface area contributed by atoms with E-state index in [0.29, 0.717) is 17.1 Å². The molecule has 0 unspecified atom stereocenters. The predicted molar refractivity (Wildman–Crippen MR) is 104 cm³/mol. The van der Waals surface area contributed by atoms with Gasteiger partial charge >= 0.3 is 0 Å². The summed E-state index contributed by atoms with van der Waals surface area (Å²) in [5.41, 5.74) is 1.80. The molecule has 1 N–H and O–H groups in total. The number of ether oxygens (including phenoxy) is 2. The Morgan fingerprint density at radius 3 is 2.18 bits per heavy atom. The van der Waals surface area contributed by atoms with E-state index in [9.17, 15) is 14.7 Å². The monoisotopic (exact) mass is 384 g/mol. The van der Waals surface area contributed by atoms with E-state index in [2.05, 4.69) is 26.1 Å². The van der Waals surface area contributed by atoms with Gasteiger partial charge in [0, 0.05) is 12.4 Å². The summed E-state index contributed by atoms with van der Waals surface area (Å²) in [6.07, 6.45) is -0.324. The lowest BCUT2D eigenvalue weighted by Gasteiger charge is -2.23. The molecule has 150 valence electrons. The second-order valence-corrected chi connectivity index (χ2v) is 7.51. The molecule has 0 saturated carbocycles. The number of nitrogens with one attached hydrogen (secondary N) is 1. The molecule has 6 nitrogen and oxygen atoms in total. The maximum atomic E-state index is 12.3. The molecule has 0 spiro atoms. The highest BCUT2D eigenvalue weighted by Gasteiger charge is 2.18. The van der Waals surface area contributed by atoms with Crippen LogP contribution >= 0.6 is 0 Å². The number of carbonyl (C=O) groups is 2. The molecule has 0 aliphatic carbocycles. The van der Waals surface area contributed by atoms with Crippen LogP contribution in [0.15, 0.2) is 48.5 Å². The second-order valence-electron chi connectivity index (χ2n) is 7.51. The Hall–Kier alpha value is -3.02.